The van der Waals surface area contributed by atoms with Crippen molar-refractivity contribution in [3.05, 3.63) is 64.4 Å². The van der Waals surface area contributed by atoms with E-state index in [1.54, 1.807) is 12.1 Å². The lowest BCUT2D eigenvalue weighted by Gasteiger charge is -2.26. The Morgan fingerprint density at radius 2 is 1.92 bits per heavy atom. The number of nitrogens with zero attached hydrogens (tertiary/aromatic N) is 1. The largest absolute Gasteiger partial charge is 0.489 e. The van der Waals surface area contributed by atoms with Gasteiger partial charge in [0.25, 0.3) is 0 Å². The molecule has 0 atom stereocenters. The summed E-state index contributed by atoms with van der Waals surface area (Å²) in [6.45, 7) is 4.92. The van der Waals surface area contributed by atoms with Gasteiger partial charge in [0.15, 0.2) is 0 Å². The van der Waals surface area contributed by atoms with E-state index in [2.05, 4.69) is 11.0 Å². The van der Waals surface area contributed by atoms with E-state index in [1.807, 2.05) is 18.2 Å². The number of ether oxygens (including phenoxy) is 2. The van der Waals surface area contributed by atoms with Crippen LogP contribution in [0.3, 0.4) is 0 Å². The molecule has 0 spiro atoms. The zero-order valence-electron chi connectivity index (χ0n) is 14.2. The first-order chi connectivity index (χ1) is 12.2. The Labute approximate surface area is 153 Å². The lowest BCUT2D eigenvalue weighted by molar-refractivity contribution is 0.0374. The molecule has 0 bridgehead atoms. The minimum atomic E-state index is -0.339. The third kappa shape index (κ3) is 5.43. The van der Waals surface area contributed by atoms with Gasteiger partial charge in [0, 0.05) is 18.7 Å². The van der Waals surface area contributed by atoms with Gasteiger partial charge in [-0.1, -0.05) is 29.8 Å². The summed E-state index contributed by atoms with van der Waals surface area (Å²) in [5.41, 5.74) is 1.62. The number of aryl methyl sites for hydroxylation is 1. The van der Waals surface area contributed by atoms with Crippen molar-refractivity contribution in [1.29, 1.82) is 0 Å². The SMILES string of the molecule is Fc1cccc(Cl)c1COc1cccc(CCCN2CCOCC2)c1. The van der Waals surface area contributed by atoms with Gasteiger partial charge >= 0.3 is 0 Å². The zero-order valence-corrected chi connectivity index (χ0v) is 15.0. The van der Waals surface area contributed by atoms with Crippen molar-refractivity contribution in [2.75, 3.05) is 32.8 Å². The maximum absolute atomic E-state index is 13.8. The Morgan fingerprint density at radius 1 is 1.12 bits per heavy atom. The van der Waals surface area contributed by atoms with Crippen molar-refractivity contribution in [2.45, 2.75) is 19.4 Å². The van der Waals surface area contributed by atoms with E-state index >= 15 is 0 Å². The topological polar surface area (TPSA) is 21.7 Å². The van der Waals surface area contributed by atoms with Crippen LogP contribution in [0.2, 0.25) is 5.02 Å². The average Bonchev–Trinajstić information content (AvgIpc) is 2.63. The standard InChI is InChI=1S/C20H23ClFNO2/c21-19-7-2-8-20(22)18(19)15-25-17-6-1-4-16(14-17)5-3-9-23-10-12-24-13-11-23/h1-2,4,6-8,14H,3,5,9-13,15H2. The van der Waals surface area contributed by atoms with Crippen molar-refractivity contribution in [2.24, 2.45) is 0 Å². The van der Waals surface area contributed by atoms with Crippen LogP contribution in [0.25, 0.3) is 0 Å². The van der Waals surface area contributed by atoms with E-state index in [1.165, 1.54) is 11.6 Å². The van der Waals surface area contributed by atoms with Crippen molar-refractivity contribution in [3.8, 4) is 5.75 Å². The number of hydrogen-bond acceptors (Lipinski definition) is 3. The van der Waals surface area contributed by atoms with Crippen molar-refractivity contribution < 1.29 is 13.9 Å². The smallest absolute Gasteiger partial charge is 0.131 e. The number of benzene rings is 2. The van der Waals surface area contributed by atoms with Gasteiger partial charge in [-0.2, -0.15) is 0 Å². The number of rotatable bonds is 7. The van der Waals surface area contributed by atoms with Gasteiger partial charge in [-0.25, -0.2) is 4.39 Å². The summed E-state index contributed by atoms with van der Waals surface area (Å²) in [6, 6.07) is 12.6. The molecule has 0 unspecified atom stereocenters. The van der Waals surface area contributed by atoms with Crippen molar-refractivity contribution >= 4 is 11.6 Å². The Kier molecular flexibility index (Phi) is 6.68. The van der Waals surface area contributed by atoms with Crippen molar-refractivity contribution in [3.63, 3.8) is 0 Å². The van der Waals surface area contributed by atoms with Gasteiger partial charge in [0.1, 0.15) is 18.2 Å². The molecule has 1 aliphatic rings. The highest BCUT2D eigenvalue weighted by molar-refractivity contribution is 6.31. The fourth-order valence-electron chi connectivity index (χ4n) is 2.95. The van der Waals surface area contributed by atoms with E-state index in [-0.39, 0.29) is 12.4 Å². The molecule has 3 nitrogen and oxygen atoms in total. The lowest BCUT2D eigenvalue weighted by atomic mass is 10.1. The first kappa shape index (κ1) is 18.2. The molecule has 1 saturated heterocycles. The second-order valence-electron chi connectivity index (χ2n) is 6.19. The van der Waals surface area contributed by atoms with E-state index in [9.17, 15) is 4.39 Å². The number of hydrogen-bond donors (Lipinski definition) is 0. The van der Waals surface area contributed by atoms with Gasteiger partial charge < -0.3 is 9.47 Å². The summed E-state index contributed by atoms with van der Waals surface area (Å²) in [7, 11) is 0. The van der Waals surface area contributed by atoms with Crippen LogP contribution in [0.15, 0.2) is 42.5 Å². The summed E-state index contributed by atoms with van der Waals surface area (Å²) in [4.78, 5) is 2.43. The van der Waals surface area contributed by atoms with Crippen LogP contribution >= 0.6 is 11.6 Å². The van der Waals surface area contributed by atoms with Gasteiger partial charge in [0.2, 0.25) is 0 Å². The molecule has 2 aromatic rings. The third-order valence-electron chi connectivity index (χ3n) is 4.39. The highest BCUT2D eigenvalue weighted by Gasteiger charge is 2.10. The summed E-state index contributed by atoms with van der Waals surface area (Å²) >= 11 is 6.04. The van der Waals surface area contributed by atoms with Crippen LogP contribution in [0, 0.1) is 5.82 Å². The molecule has 0 N–H and O–H groups in total. The molecule has 1 fully saturated rings. The Morgan fingerprint density at radius 3 is 2.72 bits per heavy atom. The van der Waals surface area contributed by atoms with Crippen LogP contribution in [-0.4, -0.2) is 37.7 Å². The van der Waals surface area contributed by atoms with E-state index in [0.29, 0.717) is 10.6 Å². The molecule has 0 radical (unpaired) electrons. The Balaban J connectivity index is 1.51. The van der Waals surface area contributed by atoms with E-state index in [4.69, 9.17) is 21.1 Å². The van der Waals surface area contributed by atoms with Gasteiger partial charge in [-0.3, -0.25) is 4.90 Å². The Hall–Kier alpha value is -1.62. The molecule has 134 valence electrons. The van der Waals surface area contributed by atoms with Crippen molar-refractivity contribution in [1.82, 2.24) is 4.90 Å². The lowest BCUT2D eigenvalue weighted by Crippen LogP contribution is -2.36. The molecule has 0 aliphatic carbocycles. The molecule has 2 aromatic carbocycles. The molecule has 1 heterocycles. The molecule has 3 rings (SSSR count). The second kappa shape index (κ2) is 9.18. The average molecular weight is 364 g/mol. The molecular weight excluding hydrogens is 341 g/mol. The quantitative estimate of drug-likeness (QED) is 0.731. The minimum absolute atomic E-state index is 0.128. The molecule has 1 aliphatic heterocycles. The Bertz CT molecular complexity index is 669. The van der Waals surface area contributed by atoms with Gasteiger partial charge in [-0.05, 0) is 49.2 Å². The molecular formula is C20H23ClFNO2. The highest BCUT2D eigenvalue weighted by Crippen LogP contribution is 2.22. The van der Waals surface area contributed by atoms with Crippen LogP contribution in [-0.2, 0) is 17.8 Å². The maximum atomic E-state index is 13.8. The molecule has 0 amide bonds. The molecule has 25 heavy (non-hydrogen) atoms. The molecule has 0 saturated carbocycles. The van der Waals surface area contributed by atoms with Crippen LogP contribution in [0.4, 0.5) is 4.39 Å². The summed E-state index contributed by atoms with van der Waals surface area (Å²) in [5.74, 6) is 0.400. The first-order valence-electron chi connectivity index (χ1n) is 8.67. The monoisotopic (exact) mass is 363 g/mol. The fourth-order valence-corrected chi connectivity index (χ4v) is 3.17. The maximum Gasteiger partial charge on any atom is 0.131 e. The van der Waals surface area contributed by atoms with E-state index < -0.39 is 0 Å². The highest BCUT2D eigenvalue weighted by atomic mass is 35.5. The van der Waals surface area contributed by atoms with Gasteiger partial charge in [0.05, 0.1) is 18.2 Å². The third-order valence-corrected chi connectivity index (χ3v) is 4.74. The van der Waals surface area contributed by atoms with Crippen LogP contribution in [0.5, 0.6) is 5.75 Å². The number of morpholine rings is 1. The minimum Gasteiger partial charge on any atom is -0.489 e. The normalized spacial score (nSPS) is 15.3. The van der Waals surface area contributed by atoms with Gasteiger partial charge in [-0.15, -0.1) is 0 Å². The van der Waals surface area contributed by atoms with E-state index in [0.717, 1.165) is 51.4 Å². The number of halogens is 2. The van der Waals surface area contributed by atoms with Crippen LogP contribution < -0.4 is 4.74 Å². The fraction of sp³-hybridized carbons (Fsp3) is 0.400. The zero-order chi connectivity index (χ0) is 17.5. The first-order valence-corrected chi connectivity index (χ1v) is 9.05. The summed E-state index contributed by atoms with van der Waals surface area (Å²) in [5, 5.41) is 0.390. The summed E-state index contributed by atoms with van der Waals surface area (Å²) in [6.07, 6.45) is 2.09. The predicted molar refractivity (Wildman–Crippen MR) is 97.8 cm³/mol. The molecule has 0 aromatic heterocycles. The van der Waals surface area contributed by atoms with Crippen LogP contribution in [0.1, 0.15) is 17.5 Å². The summed E-state index contributed by atoms with van der Waals surface area (Å²) < 4.78 is 24.9. The predicted octanol–water partition coefficient (Wildman–Crippen LogP) is 4.32. The molecule has 5 heteroatoms. The second-order valence-corrected chi connectivity index (χ2v) is 6.60.